The molecule has 1 aliphatic rings. The number of aromatic nitrogens is 2. The van der Waals surface area contributed by atoms with Crippen LogP contribution < -0.4 is 10.0 Å². The van der Waals surface area contributed by atoms with E-state index in [4.69, 9.17) is 0 Å². The van der Waals surface area contributed by atoms with Crippen LogP contribution in [0.25, 0.3) is 0 Å². The number of halogens is 1. The summed E-state index contributed by atoms with van der Waals surface area (Å²) in [4.78, 5) is 0.144. The van der Waals surface area contributed by atoms with Crippen LogP contribution in [0.5, 0.6) is 0 Å². The first-order valence-electron chi connectivity index (χ1n) is 9.98. The fourth-order valence-corrected chi connectivity index (χ4v) is 4.85. The van der Waals surface area contributed by atoms with E-state index in [1.165, 1.54) is 28.7 Å². The van der Waals surface area contributed by atoms with Crippen LogP contribution in [0.1, 0.15) is 34.7 Å². The van der Waals surface area contributed by atoms with Crippen LogP contribution in [0.3, 0.4) is 0 Å². The van der Waals surface area contributed by atoms with Crippen LogP contribution in [0.15, 0.2) is 59.8 Å². The van der Waals surface area contributed by atoms with Gasteiger partial charge in [0.15, 0.2) is 0 Å². The van der Waals surface area contributed by atoms with E-state index in [9.17, 15) is 12.8 Å². The second-order valence-electron chi connectivity index (χ2n) is 7.65. The predicted octanol–water partition coefficient (Wildman–Crippen LogP) is 2.86. The van der Waals surface area contributed by atoms with Crippen molar-refractivity contribution in [3.05, 3.63) is 82.9 Å². The Morgan fingerprint density at radius 1 is 1.23 bits per heavy atom. The highest BCUT2D eigenvalue weighted by molar-refractivity contribution is 7.89. The lowest BCUT2D eigenvalue weighted by molar-refractivity contribution is 0.537. The van der Waals surface area contributed by atoms with Crippen LogP contribution in [0, 0.1) is 5.82 Å². The monoisotopic (exact) mass is 428 g/mol. The summed E-state index contributed by atoms with van der Waals surface area (Å²) < 4.78 is 42.7. The number of hydrogen-bond donors (Lipinski definition) is 2. The molecule has 0 spiro atoms. The number of aryl methyl sites for hydroxylation is 2. The Hall–Kier alpha value is -2.55. The van der Waals surface area contributed by atoms with Crippen molar-refractivity contribution >= 4 is 10.0 Å². The largest absolute Gasteiger partial charge is 0.310 e. The van der Waals surface area contributed by atoms with Crippen LogP contribution in [0.2, 0.25) is 0 Å². The van der Waals surface area contributed by atoms with Gasteiger partial charge >= 0.3 is 0 Å². The minimum atomic E-state index is -3.62. The SMILES string of the molecule is Cn1cc(S(=O)(=O)NCc2ccc3c(c2)C(Cc2cccc(F)c2)NCCC3)cn1. The van der Waals surface area contributed by atoms with Crippen LogP contribution in [-0.4, -0.2) is 24.7 Å². The quantitative estimate of drug-likeness (QED) is 0.633. The number of fused-ring (bicyclic) bond motifs is 1. The number of benzene rings is 2. The van der Waals surface area contributed by atoms with Gasteiger partial charge < -0.3 is 5.32 Å². The molecular weight excluding hydrogens is 403 g/mol. The molecule has 3 aromatic rings. The van der Waals surface area contributed by atoms with Crippen molar-refractivity contribution in [3.8, 4) is 0 Å². The average Bonchev–Trinajstić information content (AvgIpc) is 3.07. The zero-order valence-electron chi connectivity index (χ0n) is 16.8. The maximum atomic E-state index is 13.6. The fraction of sp³-hybridized carbons (Fsp3) is 0.318. The molecule has 1 aliphatic heterocycles. The van der Waals surface area contributed by atoms with Crippen LogP contribution in [0.4, 0.5) is 4.39 Å². The smallest absolute Gasteiger partial charge is 0.243 e. The van der Waals surface area contributed by atoms with Crippen molar-refractivity contribution in [1.29, 1.82) is 0 Å². The van der Waals surface area contributed by atoms with Crippen molar-refractivity contribution in [2.75, 3.05) is 6.54 Å². The summed E-state index contributed by atoms with van der Waals surface area (Å²) in [6.45, 7) is 1.08. The highest BCUT2D eigenvalue weighted by Gasteiger charge is 2.20. The Morgan fingerprint density at radius 2 is 2.10 bits per heavy atom. The van der Waals surface area contributed by atoms with Gasteiger partial charge in [-0.2, -0.15) is 5.10 Å². The molecule has 2 N–H and O–H groups in total. The maximum absolute atomic E-state index is 13.6. The highest BCUT2D eigenvalue weighted by Crippen LogP contribution is 2.27. The minimum absolute atomic E-state index is 0.0548. The molecule has 0 saturated carbocycles. The molecule has 0 aliphatic carbocycles. The van der Waals surface area contributed by atoms with E-state index in [0.717, 1.165) is 36.1 Å². The Morgan fingerprint density at radius 3 is 2.87 bits per heavy atom. The maximum Gasteiger partial charge on any atom is 0.243 e. The molecule has 0 bridgehead atoms. The van der Waals surface area contributed by atoms with Gasteiger partial charge in [-0.25, -0.2) is 17.5 Å². The zero-order valence-corrected chi connectivity index (χ0v) is 17.6. The molecule has 6 nitrogen and oxygen atoms in total. The molecule has 0 amide bonds. The van der Waals surface area contributed by atoms with Gasteiger partial charge in [0.2, 0.25) is 10.0 Å². The Balaban J connectivity index is 1.55. The van der Waals surface area contributed by atoms with Crippen LogP contribution >= 0.6 is 0 Å². The summed E-state index contributed by atoms with van der Waals surface area (Å²) in [5, 5.41) is 7.49. The molecule has 1 atom stereocenters. The van der Waals surface area contributed by atoms with E-state index in [1.807, 2.05) is 12.1 Å². The molecule has 30 heavy (non-hydrogen) atoms. The van der Waals surface area contributed by atoms with Crippen molar-refractivity contribution < 1.29 is 12.8 Å². The summed E-state index contributed by atoms with van der Waals surface area (Å²) in [6.07, 6.45) is 5.47. The minimum Gasteiger partial charge on any atom is -0.310 e. The molecular formula is C22H25FN4O2S. The van der Waals surface area contributed by atoms with Crippen molar-refractivity contribution in [2.24, 2.45) is 7.05 Å². The Bertz CT molecular complexity index is 1140. The first-order valence-corrected chi connectivity index (χ1v) is 11.5. The lowest BCUT2D eigenvalue weighted by Gasteiger charge is -2.20. The third kappa shape index (κ3) is 4.77. The number of nitrogens with zero attached hydrogens (tertiary/aromatic N) is 2. The summed E-state index contributed by atoms with van der Waals surface area (Å²) >= 11 is 0. The van der Waals surface area contributed by atoms with E-state index in [-0.39, 0.29) is 23.3 Å². The van der Waals surface area contributed by atoms with Crippen LogP contribution in [-0.2, 0) is 36.5 Å². The fourth-order valence-electron chi connectivity index (χ4n) is 3.85. The third-order valence-electron chi connectivity index (χ3n) is 5.39. The normalized spacial score (nSPS) is 16.8. The molecule has 2 aromatic carbocycles. The molecule has 1 aromatic heterocycles. The summed E-state index contributed by atoms with van der Waals surface area (Å²) in [7, 11) is -1.95. The van der Waals surface area contributed by atoms with E-state index in [1.54, 1.807) is 19.2 Å². The number of nitrogens with one attached hydrogen (secondary N) is 2. The first-order chi connectivity index (χ1) is 14.4. The van der Waals surface area contributed by atoms with E-state index in [0.29, 0.717) is 6.42 Å². The van der Waals surface area contributed by atoms with Gasteiger partial charge in [0.25, 0.3) is 0 Å². The van der Waals surface area contributed by atoms with Crippen molar-refractivity contribution in [2.45, 2.75) is 36.7 Å². The third-order valence-corrected chi connectivity index (χ3v) is 6.74. The molecule has 8 heteroatoms. The van der Waals surface area contributed by atoms with Gasteiger partial charge in [0.1, 0.15) is 10.7 Å². The Kier molecular flexibility index (Phi) is 5.99. The van der Waals surface area contributed by atoms with Crippen molar-refractivity contribution in [1.82, 2.24) is 19.8 Å². The summed E-state index contributed by atoms with van der Waals surface area (Å²) in [6, 6.07) is 12.8. The summed E-state index contributed by atoms with van der Waals surface area (Å²) in [5.74, 6) is -0.236. The van der Waals surface area contributed by atoms with Gasteiger partial charge in [0, 0.05) is 25.8 Å². The van der Waals surface area contributed by atoms with E-state index < -0.39 is 10.0 Å². The second-order valence-corrected chi connectivity index (χ2v) is 9.42. The van der Waals surface area contributed by atoms with Gasteiger partial charge in [-0.3, -0.25) is 4.68 Å². The van der Waals surface area contributed by atoms with Gasteiger partial charge in [-0.1, -0.05) is 30.3 Å². The van der Waals surface area contributed by atoms with E-state index in [2.05, 4.69) is 27.3 Å². The van der Waals surface area contributed by atoms with Gasteiger partial charge in [0.05, 0.1) is 6.20 Å². The summed E-state index contributed by atoms with van der Waals surface area (Å²) in [5.41, 5.74) is 4.22. The second kappa shape index (κ2) is 8.67. The zero-order chi connectivity index (χ0) is 21.1. The first kappa shape index (κ1) is 20.7. The molecule has 1 unspecified atom stereocenters. The van der Waals surface area contributed by atoms with Gasteiger partial charge in [-0.05, 0) is 60.2 Å². The van der Waals surface area contributed by atoms with Crippen molar-refractivity contribution in [3.63, 3.8) is 0 Å². The molecule has 2 heterocycles. The standard InChI is InChI=1S/C22H25FN4O2S/c1-27-15-20(14-25-27)30(28,29)26-13-17-7-8-18-5-3-9-24-22(21(18)11-17)12-16-4-2-6-19(23)10-16/h2,4,6-8,10-11,14-15,22,24,26H,3,5,9,12-13H2,1H3. The lowest BCUT2D eigenvalue weighted by atomic mass is 9.92. The molecule has 0 saturated heterocycles. The van der Waals surface area contributed by atoms with E-state index >= 15 is 0 Å². The molecule has 158 valence electrons. The number of hydrogen-bond acceptors (Lipinski definition) is 4. The highest BCUT2D eigenvalue weighted by atomic mass is 32.2. The van der Waals surface area contributed by atoms with Gasteiger partial charge in [-0.15, -0.1) is 0 Å². The Labute approximate surface area is 176 Å². The molecule has 0 radical (unpaired) electrons. The number of rotatable bonds is 6. The topological polar surface area (TPSA) is 76.0 Å². The lowest BCUT2D eigenvalue weighted by Crippen LogP contribution is -2.24. The average molecular weight is 429 g/mol. The molecule has 0 fully saturated rings. The predicted molar refractivity (Wildman–Crippen MR) is 113 cm³/mol. The molecule has 4 rings (SSSR count). The number of sulfonamides is 1.